The molecule has 0 unspecified atom stereocenters. The maximum atomic E-state index is 4.61. The molecular formula is C14H25N3. The third-order valence-electron chi connectivity index (χ3n) is 5.19. The van der Waals surface area contributed by atoms with E-state index in [1.165, 1.54) is 51.5 Å². The highest BCUT2D eigenvalue weighted by Crippen LogP contribution is 2.53. The molecule has 0 aromatic rings. The van der Waals surface area contributed by atoms with E-state index in [1.807, 2.05) is 0 Å². The van der Waals surface area contributed by atoms with E-state index in [9.17, 15) is 0 Å². The molecule has 0 radical (unpaired) electrons. The van der Waals surface area contributed by atoms with E-state index in [-0.39, 0.29) is 0 Å². The molecule has 1 N–H and O–H groups in total. The van der Waals surface area contributed by atoms with Crippen LogP contribution in [0, 0.1) is 11.3 Å². The van der Waals surface area contributed by atoms with Crippen molar-refractivity contribution < 1.29 is 0 Å². The van der Waals surface area contributed by atoms with Gasteiger partial charge in [-0.2, -0.15) is 0 Å². The molecule has 1 aliphatic heterocycles. The van der Waals surface area contributed by atoms with Gasteiger partial charge in [-0.15, -0.1) is 0 Å². The second-order valence-electron chi connectivity index (χ2n) is 6.18. The zero-order valence-corrected chi connectivity index (χ0v) is 11.0. The van der Waals surface area contributed by atoms with Crippen molar-refractivity contribution in [2.24, 2.45) is 16.3 Å². The van der Waals surface area contributed by atoms with E-state index in [1.54, 1.807) is 0 Å². The van der Waals surface area contributed by atoms with E-state index in [2.05, 4.69) is 22.3 Å². The van der Waals surface area contributed by atoms with Crippen molar-refractivity contribution in [3.63, 3.8) is 0 Å². The molecule has 3 heteroatoms. The van der Waals surface area contributed by atoms with Gasteiger partial charge in [-0.25, -0.2) is 0 Å². The molecule has 3 aliphatic rings. The fourth-order valence-corrected chi connectivity index (χ4v) is 3.55. The molecule has 0 atom stereocenters. The average Bonchev–Trinajstić information content (AvgIpc) is 2.21. The first-order valence-corrected chi connectivity index (χ1v) is 7.30. The molecule has 3 rings (SSSR count). The highest BCUT2D eigenvalue weighted by Gasteiger charge is 2.46. The second-order valence-corrected chi connectivity index (χ2v) is 6.18. The Bertz CT molecular complexity index is 303. The Balaban J connectivity index is 1.57. The predicted octanol–water partition coefficient (Wildman–Crippen LogP) is 2.24. The quantitative estimate of drug-likeness (QED) is 0.812. The van der Waals surface area contributed by atoms with Gasteiger partial charge in [0.25, 0.3) is 0 Å². The van der Waals surface area contributed by atoms with Crippen LogP contribution >= 0.6 is 0 Å². The average molecular weight is 235 g/mol. The number of nitrogens with one attached hydrogen (secondary N) is 1. The summed E-state index contributed by atoms with van der Waals surface area (Å²) in [6.07, 6.45) is 9.96. The smallest absolute Gasteiger partial charge is 0.193 e. The van der Waals surface area contributed by atoms with Crippen LogP contribution < -0.4 is 5.32 Å². The summed E-state index contributed by atoms with van der Waals surface area (Å²) >= 11 is 0. The predicted molar refractivity (Wildman–Crippen MR) is 71.2 cm³/mol. The standard InChI is InChI=1S/C14H25N3/c1-17-10-4-9-15-13(17)16-11-14(7-3-8-14)12-5-2-6-12/h12H,2-11H2,1H3,(H,15,16). The van der Waals surface area contributed by atoms with Crippen molar-refractivity contribution in [3.05, 3.63) is 0 Å². The molecule has 17 heavy (non-hydrogen) atoms. The minimum atomic E-state index is 0.638. The highest BCUT2D eigenvalue weighted by molar-refractivity contribution is 5.80. The monoisotopic (exact) mass is 235 g/mol. The van der Waals surface area contributed by atoms with Gasteiger partial charge >= 0.3 is 0 Å². The Kier molecular flexibility index (Phi) is 3.01. The normalized spacial score (nSPS) is 28.1. The summed E-state index contributed by atoms with van der Waals surface area (Å²) in [6.45, 7) is 3.33. The summed E-state index contributed by atoms with van der Waals surface area (Å²) in [5.41, 5.74) is 0.638. The van der Waals surface area contributed by atoms with Gasteiger partial charge in [0.05, 0.1) is 0 Å². The second kappa shape index (κ2) is 4.51. The molecular weight excluding hydrogens is 210 g/mol. The van der Waals surface area contributed by atoms with Crippen molar-refractivity contribution in [1.29, 1.82) is 0 Å². The van der Waals surface area contributed by atoms with Crippen LogP contribution in [-0.4, -0.2) is 37.5 Å². The molecule has 2 aliphatic carbocycles. The molecule has 0 amide bonds. The van der Waals surface area contributed by atoms with Gasteiger partial charge in [0.15, 0.2) is 5.96 Å². The minimum absolute atomic E-state index is 0.638. The fraction of sp³-hybridized carbons (Fsp3) is 0.929. The van der Waals surface area contributed by atoms with E-state index < -0.39 is 0 Å². The molecule has 0 spiro atoms. The van der Waals surface area contributed by atoms with Crippen LogP contribution in [0.2, 0.25) is 0 Å². The first-order valence-electron chi connectivity index (χ1n) is 7.30. The van der Waals surface area contributed by atoms with Gasteiger partial charge in [-0.3, -0.25) is 4.99 Å². The summed E-state index contributed by atoms with van der Waals surface area (Å²) < 4.78 is 0. The first kappa shape index (κ1) is 11.4. The van der Waals surface area contributed by atoms with Crippen LogP contribution in [-0.2, 0) is 0 Å². The summed E-state index contributed by atoms with van der Waals surface area (Å²) in [4.78, 5) is 6.88. The van der Waals surface area contributed by atoms with Gasteiger partial charge in [-0.1, -0.05) is 12.8 Å². The zero-order valence-electron chi connectivity index (χ0n) is 11.0. The Labute approximate surface area is 105 Å². The SMILES string of the molecule is CN1CCCN=C1NCC1(C2CCC2)CCC1. The largest absolute Gasteiger partial charge is 0.356 e. The molecule has 0 aromatic heterocycles. The van der Waals surface area contributed by atoms with Crippen LogP contribution in [0.5, 0.6) is 0 Å². The summed E-state index contributed by atoms with van der Waals surface area (Å²) in [5, 5.41) is 3.64. The number of hydrogen-bond donors (Lipinski definition) is 1. The van der Waals surface area contributed by atoms with E-state index in [4.69, 9.17) is 0 Å². The highest BCUT2D eigenvalue weighted by atomic mass is 15.3. The van der Waals surface area contributed by atoms with Gasteiger partial charge in [0.2, 0.25) is 0 Å². The van der Waals surface area contributed by atoms with Crippen LogP contribution in [0.25, 0.3) is 0 Å². The van der Waals surface area contributed by atoms with Crippen molar-refractivity contribution >= 4 is 5.96 Å². The van der Waals surface area contributed by atoms with Crippen LogP contribution in [0.3, 0.4) is 0 Å². The lowest BCUT2D eigenvalue weighted by Crippen LogP contribution is -2.52. The summed E-state index contributed by atoms with van der Waals surface area (Å²) in [7, 11) is 2.15. The fourth-order valence-electron chi connectivity index (χ4n) is 3.55. The third-order valence-corrected chi connectivity index (χ3v) is 5.19. The lowest BCUT2D eigenvalue weighted by Gasteiger charge is -2.52. The van der Waals surface area contributed by atoms with Crippen LogP contribution in [0.15, 0.2) is 4.99 Å². The van der Waals surface area contributed by atoms with E-state index in [0.29, 0.717) is 5.41 Å². The molecule has 0 aromatic carbocycles. The van der Waals surface area contributed by atoms with Gasteiger partial charge in [-0.05, 0) is 43.4 Å². The molecule has 0 bridgehead atoms. The summed E-state index contributed by atoms with van der Waals surface area (Å²) in [6, 6.07) is 0. The third kappa shape index (κ3) is 2.04. The van der Waals surface area contributed by atoms with Crippen molar-refractivity contribution in [3.8, 4) is 0 Å². The van der Waals surface area contributed by atoms with Crippen LogP contribution in [0.1, 0.15) is 44.9 Å². The number of nitrogens with zero attached hydrogens (tertiary/aromatic N) is 2. The zero-order chi connectivity index (χ0) is 11.7. The van der Waals surface area contributed by atoms with Gasteiger partial charge < -0.3 is 10.2 Å². The lowest BCUT2D eigenvalue weighted by molar-refractivity contribution is 0.00630. The molecule has 2 saturated carbocycles. The van der Waals surface area contributed by atoms with E-state index >= 15 is 0 Å². The maximum Gasteiger partial charge on any atom is 0.193 e. The number of guanidine groups is 1. The van der Waals surface area contributed by atoms with Crippen molar-refractivity contribution in [1.82, 2.24) is 10.2 Å². The summed E-state index contributed by atoms with van der Waals surface area (Å²) in [5.74, 6) is 2.15. The first-order chi connectivity index (χ1) is 8.30. The number of aliphatic imine (C=N–C) groups is 1. The minimum Gasteiger partial charge on any atom is -0.356 e. The number of hydrogen-bond acceptors (Lipinski definition) is 3. The maximum absolute atomic E-state index is 4.61. The lowest BCUT2D eigenvalue weighted by atomic mass is 9.55. The van der Waals surface area contributed by atoms with Gasteiger partial charge in [0.1, 0.15) is 0 Å². The molecule has 3 nitrogen and oxygen atoms in total. The van der Waals surface area contributed by atoms with Crippen LogP contribution in [0.4, 0.5) is 0 Å². The van der Waals surface area contributed by atoms with E-state index in [0.717, 1.165) is 25.0 Å². The molecule has 0 saturated heterocycles. The Morgan fingerprint density at radius 1 is 1.29 bits per heavy atom. The molecule has 1 heterocycles. The van der Waals surface area contributed by atoms with Crippen molar-refractivity contribution in [2.75, 3.05) is 26.7 Å². The number of rotatable bonds is 3. The van der Waals surface area contributed by atoms with Gasteiger partial charge in [0, 0.05) is 26.7 Å². The Morgan fingerprint density at radius 3 is 2.65 bits per heavy atom. The topological polar surface area (TPSA) is 27.6 Å². The Hall–Kier alpha value is -0.730. The Morgan fingerprint density at radius 2 is 2.12 bits per heavy atom. The molecule has 96 valence electrons. The van der Waals surface area contributed by atoms with Crippen molar-refractivity contribution in [2.45, 2.75) is 44.9 Å². The molecule has 2 fully saturated rings.